The van der Waals surface area contributed by atoms with Crippen LogP contribution in [0, 0.1) is 0 Å². The lowest BCUT2D eigenvalue weighted by Gasteiger charge is -2.14. The third-order valence-corrected chi connectivity index (χ3v) is 5.38. The number of amides is 1. The number of hydrogen-bond acceptors (Lipinski definition) is 4. The van der Waals surface area contributed by atoms with Crippen LogP contribution in [-0.4, -0.2) is 22.7 Å². The van der Waals surface area contributed by atoms with Gasteiger partial charge in [0.2, 0.25) is 0 Å². The highest BCUT2D eigenvalue weighted by Gasteiger charge is 2.13. The molecule has 31 heavy (non-hydrogen) atoms. The van der Waals surface area contributed by atoms with Crippen molar-refractivity contribution in [3.05, 3.63) is 81.3 Å². The van der Waals surface area contributed by atoms with Gasteiger partial charge in [0.15, 0.2) is 6.61 Å². The molecule has 3 rings (SSSR count). The summed E-state index contributed by atoms with van der Waals surface area (Å²) in [6.45, 7) is 3.79. The van der Waals surface area contributed by atoms with Crippen molar-refractivity contribution < 1.29 is 19.7 Å². The van der Waals surface area contributed by atoms with Gasteiger partial charge in [0.1, 0.15) is 17.2 Å². The second-order valence-corrected chi connectivity index (χ2v) is 8.29. The van der Waals surface area contributed by atoms with E-state index in [-0.39, 0.29) is 29.9 Å². The van der Waals surface area contributed by atoms with Crippen molar-refractivity contribution in [1.29, 1.82) is 0 Å². The quantitative estimate of drug-likeness (QED) is 0.396. The van der Waals surface area contributed by atoms with Crippen molar-refractivity contribution in [2.75, 3.05) is 11.9 Å². The predicted octanol–water partition coefficient (Wildman–Crippen LogP) is 6.14. The van der Waals surface area contributed by atoms with Crippen molar-refractivity contribution in [3.63, 3.8) is 0 Å². The fraction of sp³-hybridized carbons (Fsp3) is 0.208. The molecule has 0 aliphatic carbocycles. The van der Waals surface area contributed by atoms with Crippen LogP contribution >= 0.6 is 23.2 Å². The van der Waals surface area contributed by atoms with Gasteiger partial charge in [0, 0.05) is 28.2 Å². The lowest BCUT2D eigenvalue weighted by Crippen LogP contribution is -2.20. The van der Waals surface area contributed by atoms with E-state index in [1.54, 1.807) is 30.3 Å². The molecule has 1 amide bonds. The highest BCUT2D eigenvalue weighted by Crippen LogP contribution is 2.34. The van der Waals surface area contributed by atoms with Gasteiger partial charge in [-0.25, -0.2) is 0 Å². The molecule has 0 heterocycles. The standard InChI is InChI=1S/C24H23Cl2NO4/c1-14(2)19-8-15(6-7-23(19)29)9-20-21(25)11-18(12-22(20)26)31-13-24(30)27-16-4-3-5-17(28)10-16/h3-8,10-12,14,28-29H,9,13H2,1-2H3,(H,27,30). The van der Waals surface area contributed by atoms with E-state index in [0.717, 1.165) is 16.7 Å². The van der Waals surface area contributed by atoms with Crippen molar-refractivity contribution in [2.24, 2.45) is 0 Å². The number of phenolic OH excluding ortho intramolecular Hbond substituents is 2. The Morgan fingerprint density at radius 3 is 2.39 bits per heavy atom. The van der Waals surface area contributed by atoms with Crippen LogP contribution in [0.25, 0.3) is 0 Å². The number of carbonyl (C=O) groups excluding carboxylic acids is 1. The van der Waals surface area contributed by atoms with Crippen LogP contribution in [0.3, 0.4) is 0 Å². The van der Waals surface area contributed by atoms with Gasteiger partial charge in [0.25, 0.3) is 5.91 Å². The van der Waals surface area contributed by atoms with Crippen LogP contribution < -0.4 is 10.1 Å². The summed E-state index contributed by atoms with van der Waals surface area (Å²) in [6.07, 6.45) is 0.496. The van der Waals surface area contributed by atoms with Crippen LogP contribution in [-0.2, 0) is 11.2 Å². The number of carbonyl (C=O) groups is 1. The summed E-state index contributed by atoms with van der Waals surface area (Å²) >= 11 is 12.9. The zero-order valence-electron chi connectivity index (χ0n) is 17.2. The Labute approximate surface area is 191 Å². The van der Waals surface area contributed by atoms with E-state index in [0.29, 0.717) is 27.9 Å². The topological polar surface area (TPSA) is 78.8 Å². The second kappa shape index (κ2) is 9.94. The Balaban J connectivity index is 1.67. The lowest BCUT2D eigenvalue weighted by molar-refractivity contribution is -0.118. The predicted molar refractivity (Wildman–Crippen MR) is 124 cm³/mol. The van der Waals surface area contributed by atoms with Gasteiger partial charge in [0.05, 0.1) is 0 Å². The third-order valence-electron chi connectivity index (χ3n) is 4.71. The number of ether oxygens (including phenoxy) is 1. The summed E-state index contributed by atoms with van der Waals surface area (Å²) < 4.78 is 5.53. The second-order valence-electron chi connectivity index (χ2n) is 7.48. The number of rotatable bonds is 7. The van der Waals surface area contributed by atoms with Gasteiger partial charge < -0.3 is 20.3 Å². The van der Waals surface area contributed by atoms with E-state index in [2.05, 4.69) is 5.32 Å². The first-order valence-corrected chi connectivity index (χ1v) is 10.5. The molecule has 0 fully saturated rings. The van der Waals surface area contributed by atoms with Crippen LogP contribution in [0.15, 0.2) is 54.6 Å². The number of phenols is 2. The smallest absolute Gasteiger partial charge is 0.262 e. The molecule has 0 saturated heterocycles. The van der Waals surface area contributed by atoms with E-state index >= 15 is 0 Å². The van der Waals surface area contributed by atoms with E-state index in [9.17, 15) is 15.0 Å². The molecular weight excluding hydrogens is 437 g/mol. The van der Waals surface area contributed by atoms with Crippen LogP contribution in [0.2, 0.25) is 10.0 Å². The Bertz CT molecular complexity index is 1080. The van der Waals surface area contributed by atoms with Gasteiger partial charge in [-0.1, -0.05) is 55.2 Å². The molecule has 7 heteroatoms. The molecule has 0 aliphatic heterocycles. The molecular formula is C24H23Cl2NO4. The first-order chi connectivity index (χ1) is 14.7. The van der Waals surface area contributed by atoms with Crippen LogP contribution in [0.4, 0.5) is 5.69 Å². The summed E-state index contributed by atoms with van der Waals surface area (Å²) in [5, 5.41) is 23.0. The molecule has 3 N–H and O–H groups in total. The van der Waals surface area contributed by atoms with Crippen molar-refractivity contribution in [1.82, 2.24) is 0 Å². The maximum Gasteiger partial charge on any atom is 0.262 e. The highest BCUT2D eigenvalue weighted by molar-refractivity contribution is 6.36. The largest absolute Gasteiger partial charge is 0.508 e. The van der Waals surface area contributed by atoms with Crippen molar-refractivity contribution >= 4 is 34.8 Å². The molecule has 0 radical (unpaired) electrons. The maximum absolute atomic E-state index is 12.1. The minimum absolute atomic E-state index is 0.0574. The van der Waals surface area contributed by atoms with Crippen LogP contribution in [0.5, 0.6) is 17.2 Å². The monoisotopic (exact) mass is 459 g/mol. The average molecular weight is 460 g/mol. The summed E-state index contributed by atoms with van der Waals surface area (Å²) in [4.78, 5) is 12.1. The molecule has 3 aromatic carbocycles. The number of hydrogen-bond donors (Lipinski definition) is 3. The lowest BCUT2D eigenvalue weighted by atomic mass is 9.96. The summed E-state index contributed by atoms with van der Waals surface area (Å²) in [5.41, 5.74) is 3.04. The molecule has 5 nitrogen and oxygen atoms in total. The van der Waals surface area contributed by atoms with Gasteiger partial charge in [-0.2, -0.15) is 0 Å². The molecule has 0 saturated carbocycles. The Kier molecular flexibility index (Phi) is 7.31. The van der Waals surface area contributed by atoms with E-state index < -0.39 is 0 Å². The molecule has 0 aromatic heterocycles. The van der Waals surface area contributed by atoms with Gasteiger partial charge in [-0.05, 0) is 52.9 Å². The molecule has 0 spiro atoms. The fourth-order valence-electron chi connectivity index (χ4n) is 3.14. The number of anilines is 1. The number of aromatic hydroxyl groups is 2. The van der Waals surface area contributed by atoms with Crippen molar-refractivity contribution in [3.8, 4) is 17.2 Å². The first kappa shape index (κ1) is 22.8. The van der Waals surface area contributed by atoms with E-state index in [1.807, 2.05) is 26.0 Å². The summed E-state index contributed by atoms with van der Waals surface area (Å²) in [7, 11) is 0. The highest BCUT2D eigenvalue weighted by atomic mass is 35.5. The molecule has 162 valence electrons. The van der Waals surface area contributed by atoms with Crippen LogP contribution in [0.1, 0.15) is 36.5 Å². The number of halogens is 2. The summed E-state index contributed by atoms with van der Waals surface area (Å²) in [6, 6.07) is 14.9. The molecule has 0 atom stereocenters. The molecule has 0 bridgehead atoms. The zero-order valence-corrected chi connectivity index (χ0v) is 18.7. The molecule has 0 aliphatic rings. The maximum atomic E-state index is 12.1. The SMILES string of the molecule is CC(C)c1cc(Cc2c(Cl)cc(OCC(=O)Nc3cccc(O)c3)cc2Cl)ccc1O. The average Bonchev–Trinajstić information content (AvgIpc) is 2.70. The number of nitrogens with one attached hydrogen (secondary N) is 1. The Morgan fingerprint density at radius 2 is 1.74 bits per heavy atom. The number of benzene rings is 3. The fourth-order valence-corrected chi connectivity index (χ4v) is 3.74. The Morgan fingerprint density at radius 1 is 1.03 bits per heavy atom. The van der Waals surface area contributed by atoms with Crippen molar-refractivity contribution in [2.45, 2.75) is 26.2 Å². The van der Waals surface area contributed by atoms with E-state index in [1.165, 1.54) is 12.1 Å². The zero-order chi connectivity index (χ0) is 22.5. The molecule has 3 aromatic rings. The first-order valence-electron chi connectivity index (χ1n) is 9.74. The van der Waals surface area contributed by atoms with E-state index in [4.69, 9.17) is 27.9 Å². The third kappa shape index (κ3) is 6.06. The Hall–Kier alpha value is -2.89. The molecule has 0 unspecified atom stereocenters. The van der Waals surface area contributed by atoms with Gasteiger partial charge >= 0.3 is 0 Å². The minimum Gasteiger partial charge on any atom is -0.508 e. The normalized spacial score (nSPS) is 10.9. The minimum atomic E-state index is -0.382. The summed E-state index contributed by atoms with van der Waals surface area (Å²) in [5.74, 6) is 0.504. The van der Waals surface area contributed by atoms with Gasteiger partial charge in [-0.3, -0.25) is 4.79 Å². The van der Waals surface area contributed by atoms with Gasteiger partial charge in [-0.15, -0.1) is 0 Å².